The second-order valence-corrected chi connectivity index (χ2v) is 0.612. The van der Waals surface area contributed by atoms with E-state index in [1.54, 1.807) is 0 Å². The SMILES string of the molecule is FF.O.O.O=S=O.O=S=O.O=S=O.S.[Ca+2].[NH-]F.[NH-]F. The molecule has 0 saturated carbocycles. The molecule has 120 valence electrons. The molecule has 0 amide bonds. The minimum absolute atomic E-state index is 0. The van der Waals surface area contributed by atoms with E-state index >= 15 is 0 Å². The number of halogens is 4. The molecule has 19 heavy (non-hydrogen) atoms. The van der Waals surface area contributed by atoms with Crippen LogP contribution >= 0.6 is 13.5 Å². The van der Waals surface area contributed by atoms with Gasteiger partial charge < -0.3 is 31.8 Å². The van der Waals surface area contributed by atoms with Crippen molar-refractivity contribution in [3.05, 3.63) is 11.9 Å². The normalized spacial score (nSPS) is 2.84. The molecule has 10 nitrogen and oxygen atoms in total. The van der Waals surface area contributed by atoms with Gasteiger partial charge in [0.25, 0.3) is 0 Å². The predicted octanol–water partition coefficient (Wildman–Crippen LogP) is -1.24. The van der Waals surface area contributed by atoms with E-state index in [1.165, 1.54) is 0 Å². The van der Waals surface area contributed by atoms with Crippen molar-refractivity contribution in [1.29, 1.82) is 0 Å². The average Bonchev–Trinajstić information content (AvgIpc) is 2.29. The van der Waals surface area contributed by atoms with Crippen molar-refractivity contribution in [2.45, 2.75) is 0 Å². The Balaban J connectivity index is -0.00000000620. The number of hydrogen-bond acceptors (Lipinski definition) is 6. The Morgan fingerprint density at radius 2 is 0.579 bits per heavy atom. The Bertz CT molecular complexity index is 130. The molecular weight excluding hydrogens is 400 g/mol. The van der Waals surface area contributed by atoms with E-state index in [0.29, 0.717) is 0 Å². The summed E-state index contributed by atoms with van der Waals surface area (Å²) in [5, 5.41) is 0. The molecule has 19 heteroatoms. The molecule has 0 radical (unpaired) electrons. The summed E-state index contributed by atoms with van der Waals surface area (Å²) in [5.41, 5.74) is 0. The number of nitrogens with one attached hydrogen (secondary N) is 2. The predicted molar refractivity (Wildman–Crippen MR) is 63.2 cm³/mol. The van der Waals surface area contributed by atoms with Crippen molar-refractivity contribution in [2.24, 2.45) is 0 Å². The first-order valence-corrected chi connectivity index (χ1v) is 3.52. The zero-order valence-electron chi connectivity index (χ0n) is 8.39. The molecule has 0 aliphatic rings. The molecule has 0 heterocycles. The molecule has 0 atom stereocenters. The Labute approximate surface area is 151 Å². The first kappa shape index (κ1) is 73.5. The van der Waals surface area contributed by atoms with E-state index in [-0.39, 0.29) is 62.2 Å². The van der Waals surface area contributed by atoms with Crippen molar-refractivity contribution < 1.29 is 54.3 Å². The maximum atomic E-state index is 8.75. The first-order valence-electron chi connectivity index (χ1n) is 1.52. The standard InChI is InChI=1S/Ca.F2.2FHN.3O2S.2H2O.H2S/c;3*1-2;3*1-3-2;;;/h;;2*2H;;;;3*1H2/q+2;;2*-1;;;;;;. The summed E-state index contributed by atoms with van der Waals surface area (Å²) in [7, 11) is 0. The van der Waals surface area contributed by atoms with Crippen LogP contribution in [0.2, 0.25) is 0 Å². The Morgan fingerprint density at radius 3 is 0.579 bits per heavy atom. The molecule has 0 aromatic heterocycles. The van der Waals surface area contributed by atoms with Crippen LogP contribution in [0.1, 0.15) is 0 Å². The van der Waals surface area contributed by atoms with Gasteiger partial charge in [-0.1, -0.05) is 0 Å². The molecule has 0 rings (SSSR count). The Kier molecular flexibility index (Phi) is 1700. The Morgan fingerprint density at radius 1 is 0.579 bits per heavy atom. The van der Waals surface area contributed by atoms with Crippen LogP contribution in [0.15, 0.2) is 0 Å². The third kappa shape index (κ3) is 13000. The van der Waals surface area contributed by atoms with Crippen molar-refractivity contribution in [1.82, 2.24) is 0 Å². The van der Waals surface area contributed by atoms with Gasteiger partial charge in [-0.15, -0.1) is 0 Å². The third-order valence-electron chi connectivity index (χ3n) is 0. The molecular formula is H8CaF4N2O8S4. The minimum Gasteiger partial charge on any atom is -0.507 e. The topological polar surface area (TPSA) is 213 Å². The van der Waals surface area contributed by atoms with E-state index in [9.17, 15) is 0 Å². The first-order chi connectivity index (χ1) is 7.24. The molecule has 0 spiro atoms. The monoisotopic (exact) mass is 408 g/mol. The van der Waals surface area contributed by atoms with Gasteiger partial charge in [-0.05, 0) is 0 Å². The molecule has 6 N–H and O–H groups in total. The largest absolute Gasteiger partial charge is 2.00 e. The van der Waals surface area contributed by atoms with Crippen LogP contribution in [-0.2, 0) is 34.7 Å². The van der Waals surface area contributed by atoms with Gasteiger partial charge in [0, 0.05) is 9.15 Å². The van der Waals surface area contributed by atoms with Crippen LogP contribution in [0.5, 0.6) is 0 Å². The van der Waals surface area contributed by atoms with Crippen molar-refractivity contribution in [3.63, 3.8) is 0 Å². The summed E-state index contributed by atoms with van der Waals surface area (Å²) in [6, 6.07) is 0. The summed E-state index contributed by atoms with van der Waals surface area (Å²) in [6.07, 6.45) is 0. The van der Waals surface area contributed by atoms with Gasteiger partial charge in [-0.3, -0.25) is 0 Å². The molecule has 0 saturated heterocycles. The summed E-state index contributed by atoms with van der Waals surface area (Å²) in [5.74, 6) is 8.50. The zero-order chi connectivity index (χ0) is 14.1. The second kappa shape index (κ2) is 439. The summed E-state index contributed by atoms with van der Waals surface area (Å²) in [4.78, 5) is 0. The average molecular weight is 408 g/mol. The van der Waals surface area contributed by atoms with Crippen molar-refractivity contribution in [3.8, 4) is 0 Å². The van der Waals surface area contributed by atoms with Crippen LogP contribution < -0.4 is 0 Å². The van der Waals surface area contributed by atoms with E-state index < -0.39 is 34.7 Å². The summed E-state index contributed by atoms with van der Waals surface area (Å²) >= 11 is -2.25. The van der Waals surface area contributed by atoms with E-state index in [1.807, 2.05) is 0 Å². The van der Waals surface area contributed by atoms with E-state index in [4.69, 9.17) is 43.4 Å². The fourth-order valence-corrected chi connectivity index (χ4v) is 0. The van der Waals surface area contributed by atoms with Gasteiger partial charge in [-0.25, -0.2) is 0 Å². The Hall–Kier alpha value is 0.630. The van der Waals surface area contributed by atoms with Crippen LogP contribution in [0.25, 0.3) is 11.9 Å². The third-order valence-corrected chi connectivity index (χ3v) is 0. The molecule has 0 bridgehead atoms. The van der Waals surface area contributed by atoms with Crippen LogP contribution in [0, 0.1) is 0 Å². The van der Waals surface area contributed by atoms with Gasteiger partial charge in [0.1, 0.15) is 0 Å². The molecule has 0 unspecified atom stereocenters. The summed E-state index contributed by atoms with van der Waals surface area (Å²) < 4.78 is 83.2. The zero-order valence-corrected chi connectivity index (χ0v) is 14.1. The molecule has 0 aliphatic carbocycles. The fraction of sp³-hybridized carbons (Fsp3) is 0. The molecule has 0 aromatic rings. The van der Waals surface area contributed by atoms with Crippen molar-refractivity contribution >= 4 is 85.9 Å². The number of rotatable bonds is 0. The van der Waals surface area contributed by atoms with Crippen LogP contribution in [0.4, 0.5) is 18.1 Å². The fourth-order valence-electron chi connectivity index (χ4n) is 0. The van der Waals surface area contributed by atoms with Gasteiger partial charge in [0.15, 0.2) is 0 Å². The quantitative estimate of drug-likeness (QED) is 0.352. The van der Waals surface area contributed by atoms with Gasteiger partial charge in [-0.2, -0.15) is 38.7 Å². The van der Waals surface area contributed by atoms with E-state index in [2.05, 4.69) is 11.9 Å². The van der Waals surface area contributed by atoms with Gasteiger partial charge in [0.2, 0.25) is 0 Å². The molecule has 0 aromatic carbocycles. The van der Waals surface area contributed by atoms with E-state index in [0.717, 1.165) is 0 Å². The van der Waals surface area contributed by atoms with Gasteiger partial charge in [0.05, 0.1) is 0 Å². The molecule has 0 fully saturated rings. The van der Waals surface area contributed by atoms with Crippen LogP contribution in [0.3, 0.4) is 0 Å². The van der Waals surface area contributed by atoms with Gasteiger partial charge >= 0.3 is 72.5 Å². The maximum Gasteiger partial charge on any atom is 2.00 e. The number of hydrogen-bond donors (Lipinski definition) is 0. The minimum atomic E-state index is -0.750. The molecule has 0 aliphatic heterocycles. The smallest absolute Gasteiger partial charge is 0.507 e. The maximum absolute atomic E-state index is 8.75. The second-order valence-electron chi connectivity index (χ2n) is 0.204. The summed E-state index contributed by atoms with van der Waals surface area (Å²) in [6.45, 7) is 0. The van der Waals surface area contributed by atoms with Crippen molar-refractivity contribution in [2.75, 3.05) is 0 Å². The van der Waals surface area contributed by atoms with Crippen LogP contribution in [-0.4, -0.2) is 73.9 Å².